The summed E-state index contributed by atoms with van der Waals surface area (Å²) in [6.45, 7) is 0.972. The number of likely N-dealkylation sites (tertiary alicyclic amines) is 1. The molecule has 4 atom stereocenters. The number of benzene rings is 1. The summed E-state index contributed by atoms with van der Waals surface area (Å²) in [5.74, 6) is -0.186. The number of β-amino-alcohol motifs (C(OH)–C–C–N with tert-alkyl or cyclic N) is 1. The predicted octanol–water partition coefficient (Wildman–Crippen LogP) is 0.740. The minimum Gasteiger partial charge on any atom is -0.396 e. The van der Waals surface area contributed by atoms with Gasteiger partial charge >= 0.3 is 0 Å². The van der Waals surface area contributed by atoms with Gasteiger partial charge in [-0.15, -0.1) is 0 Å². The van der Waals surface area contributed by atoms with Gasteiger partial charge in [-0.3, -0.25) is 9.59 Å². The number of aliphatic hydroxyl groups excluding tert-OH is 2. The molecule has 3 N–H and O–H groups in total. The number of amides is 2. The zero-order valence-electron chi connectivity index (χ0n) is 16.5. The predicted molar refractivity (Wildman–Crippen MR) is 107 cm³/mol. The van der Waals surface area contributed by atoms with Gasteiger partial charge in [-0.1, -0.05) is 30.3 Å². The van der Waals surface area contributed by atoms with Crippen LogP contribution in [0.2, 0.25) is 0 Å². The Labute approximate surface area is 169 Å². The van der Waals surface area contributed by atoms with Crippen LogP contribution in [-0.2, 0) is 11.8 Å². The van der Waals surface area contributed by atoms with Crippen LogP contribution >= 0.6 is 0 Å². The molecule has 0 unspecified atom stereocenters. The zero-order valence-corrected chi connectivity index (χ0v) is 16.5. The van der Waals surface area contributed by atoms with E-state index >= 15 is 0 Å². The van der Waals surface area contributed by atoms with E-state index < -0.39 is 11.5 Å². The van der Waals surface area contributed by atoms with Crippen molar-refractivity contribution in [2.45, 2.75) is 18.4 Å². The molecule has 2 aromatic rings. The second kappa shape index (κ2) is 7.65. The Morgan fingerprint density at radius 3 is 2.62 bits per heavy atom. The van der Waals surface area contributed by atoms with Gasteiger partial charge in [-0.25, -0.2) is 0 Å². The van der Waals surface area contributed by atoms with E-state index in [2.05, 4.69) is 5.32 Å². The summed E-state index contributed by atoms with van der Waals surface area (Å²) in [6.07, 6.45) is 1.24. The molecule has 7 nitrogen and oxygen atoms in total. The maximum atomic E-state index is 13.0. The van der Waals surface area contributed by atoms with Gasteiger partial charge in [-0.05, 0) is 29.5 Å². The lowest BCUT2D eigenvalue weighted by atomic mass is 9.95. The van der Waals surface area contributed by atoms with Gasteiger partial charge in [0.2, 0.25) is 5.91 Å². The molecule has 1 spiro atoms. The van der Waals surface area contributed by atoms with Crippen LogP contribution < -0.4 is 5.32 Å². The summed E-state index contributed by atoms with van der Waals surface area (Å²) in [4.78, 5) is 26.6. The largest absolute Gasteiger partial charge is 0.396 e. The van der Waals surface area contributed by atoms with Crippen LogP contribution in [-0.4, -0.2) is 63.8 Å². The Bertz CT molecular complexity index is 896. The lowest BCUT2D eigenvalue weighted by Crippen LogP contribution is -2.31. The molecule has 1 aliphatic carbocycles. The average molecular weight is 397 g/mol. The summed E-state index contributed by atoms with van der Waals surface area (Å²) < 4.78 is 1.79. The highest BCUT2D eigenvalue weighted by molar-refractivity contribution is 5.93. The molecule has 1 aromatic heterocycles. The Kier molecular flexibility index (Phi) is 5.19. The minimum atomic E-state index is -0.656. The fraction of sp³-hybridized carbons (Fsp3) is 0.455. The van der Waals surface area contributed by atoms with Crippen molar-refractivity contribution in [3.05, 3.63) is 59.9 Å². The maximum Gasteiger partial charge on any atom is 0.270 e. The lowest BCUT2D eigenvalue weighted by Gasteiger charge is -2.17. The first-order valence-corrected chi connectivity index (χ1v) is 10.00. The Balaban J connectivity index is 1.56. The monoisotopic (exact) mass is 397 g/mol. The zero-order chi connectivity index (χ0) is 20.6. The van der Waals surface area contributed by atoms with Gasteiger partial charge in [-0.2, -0.15) is 0 Å². The van der Waals surface area contributed by atoms with E-state index in [9.17, 15) is 14.7 Å². The number of carbonyl (C=O) groups is 2. The van der Waals surface area contributed by atoms with Crippen molar-refractivity contribution >= 4 is 11.8 Å². The van der Waals surface area contributed by atoms with Crippen LogP contribution in [0.3, 0.4) is 0 Å². The lowest BCUT2D eigenvalue weighted by molar-refractivity contribution is -0.121. The summed E-state index contributed by atoms with van der Waals surface area (Å²) >= 11 is 0. The van der Waals surface area contributed by atoms with E-state index in [0.29, 0.717) is 18.8 Å². The van der Waals surface area contributed by atoms with Crippen LogP contribution in [0.5, 0.6) is 0 Å². The molecule has 4 rings (SSSR count). The van der Waals surface area contributed by atoms with Crippen LogP contribution in [0.1, 0.15) is 28.4 Å². The quantitative estimate of drug-likeness (QED) is 0.670. The molecule has 1 aromatic carbocycles. The molecule has 1 saturated carbocycles. The summed E-state index contributed by atoms with van der Waals surface area (Å²) in [7, 11) is 1.83. The normalized spacial score (nSPS) is 28.0. The minimum absolute atomic E-state index is 0.0359. The second-order valence-corrected chi connectivity index (χ2v) is 8.09. The molecule has 1 aliphatic heterocycles. The smallest absolute Gasteiger partial charge is 0.270 e. The van der Waals surface area contributed by atoms with Gasteiger partial charge in [0.05, 0.1) is 12.7 Å². The number of aromatic nitrogens is 1. The number of carbonyl (C=O) groups excluding carboxylic acids is 2. The molecule has 2 heterocycles. The first-order chi connectivity index (χ1) is 14.0. The van der Waals surface area contributed by atoms with Crippen molar-refractivity contribution in [1.82, 2.24) is 14.8 Å². The van der Waals surface area contributed by atoms with E-state index in [1.807, 2.05) is 49.6 Å². The van der Waals surface area contributed by atoms with Crippen molar-refractivity contribution in [3.8, 4) is 0 Å². The van der Waals surface area contributed by atoms with Gasteiger partial charge in [0.25, 0.3) is 5.91 Å². The molecular formula is C22H27N3O4. The molecule has 2 fully saturated rings. The average Bonchev–Trinajstić information content (AvgIpc) is 2.94. The highest BCUT2D eigenvalue weighted by Gasteiger charge is 2.71. The summed E-state index contributed by atoms with van der Waals surface area (Å²) in [6, 6.07) is 13.6. The molecule has 0 bridgehead atoms. The van der Waals surface area contributed by atoms with Crippen molar-refractivity contribution in [3.63, 3.8) is 0 Å². The Hall–Kier alpha value is -2.64. The highest BCUT2D eigenvalue weighted by Crippen LogP contribution is 2.68. The van der Waals surface area contributed by atoms with E-state index in [0.717, 1.165) is 5.56 Å². The SMILES string of the molecule is Cn1cccc1C(=O)N1C[C@H](O)[C@@]2(C1)[C@H](CNC(=O)CCO)[C@H]2c1ccccc1. The standard InChI is InChI=1S/C22H27N3O4/c1-24-10-5-8-17(24)21(29)25-13-18(27)22(14-25)16(12-23-19(28)9-11-26)20(22)15-6-3-2-4-7-15/h2-8,10,16,18,20,26-27H,9,11-14H2,1H3,(H,23,28)/t16-,18+,20-,22-/m1/s1. The molecule has 29 heavy (non-hydrogen) atoms. The third-order valence-electron chi connectivity index (χ3n) is 6.51. The number of aliphatic hydroxyl groups is 2. The molecule has 2 amide bonds. The number of rotatable bonds is 6. The number of nitrogens with one attached hydrogen (secondary N) is 1. The third-order valence-corrected chi connectivity index (χ3v) is 6.51. The Morgan fingerprint density at radius 2 is 1.97 bits per heavy atom. The molecule has 2 aliphatic rings. The molecular weight excluding hydrogens is 370 g/mol. The highest BCUT2D eigenvalue weighted by atomic mass is 16.3. The number of aryl methyl sites for hydroxylation is 1. The Morgan fingerprint density at radius 1 is 1.21 bits per heavy atom. The number of nitrogens with zero attached hydrogens (tertiary/aromatic N) is 2. The fourth-order valence-corrected chi connectivity index (χ4v) is 5.01. The second-order valence-electron chi connectivity index (χ2n) is 8.09. The van der Waals surface area contributed by atoms with Crippen LogP contribution in [0.15, 0.2) is 48.7 Å². The van der Waals surface area contributed by atoms with Crippen molar-refractivity contribution in [1.29, 1.82) is 0 Å². The topological polar surface area (TPSA) is 94.8 Å². The summed E-state index contributed by atoms with van der Waals surface area (Å²) in [5, 5.41) is 22.9. The fourth-order valence-electron chi connectivity index (χ4n) is 5.01. The van der Waals surface area contributed by atoms with Crippen molar-refractivity contribution in [2.75, 3.05) is 26.2 Å². The summed E-state index contributed by atoms with van der Waals surface area (Å²) in [5.41, 5.74) is 1.24. The first kappa shape index (κ1) is 19.7. The third kappa shape index (κ3) is 3.34. The van der Waals surface area contributed by atoms with E-state index in [-0.39, 0.29) is 43.2 Å². The van der Waals surface area contributed by atoms with Gasteiger partial charge < -0.3 is 25.0 Å². The van der Waals surface area contributed by atoms with E-state index in [4.69, 9.17) is 5.11 Å². The maximum absolute atomic E-state index is 13.0. The van der Waals surface area contributed by atoms with E-state index in [1.54, 1.807) is 15.5 Å². The van der Waals surface area contributed by atoms with Crippen molar-refractivity contribution < 1.29 is 19.8 Å². The van der Waals surface area contributed by atoms with Crippen LogP contribution in [0.4, 0.5) is 0 Å². The van der Waals surface area contributed by atoms with Crippen molar-refractivity contribution in [2.24, 2.45) is 18.4 Å². The van der Waals surface area contributed by atoms with Gasteiger partial charge in [0.1, 0.15) is 5.69 Å². The molecule has 154 valence electrons. The van der Waals surface area contributed by atoms with Gasteiger partial charge in [0.15, 0.2) is 0 Å². The molecule has 1 saturated heterocycles. The first-order valence-electron chi connectivity index (χ1n) is 10.00. The number of hydrogen-bond acceptors (Lipinski definition) is 4. The molecule has 7 heteroatoms. The van der Waals surface area contributed by atoms with Crippen LogP contribution in [0, 0.1) is 11.3 Å². The molecule has 0 radical (unpaired) electrons. The van der Waals surface area contributed by atoms with Gasteiger partial charge in [0, 0.05) is 44.7 Å². The van der Waals surface area contributed by atoms with Crippen LogP contribution in [0.25, 0.3) is 0 Å². The van der Waals surface area contributed by atoms with E-state index in [1.165, 1.54) is 0 Å². The number of hydrogen-bond donors (Lipinski definition) is 3.